The van der Waals surface area contributed by atoms with Gasteiger partial charge in [-0.3, -0.25) is 9.36 Å². The fraction of sp³-hybridized carbons (Fsp3) is 0.556. The van der Waals surface area contributed by atoms with E-state index in [1.54, 1.807) is 30.3 Å². The molecule has 1 saturated carbocycles. The van der Waals surface area contributed by atoms with E-state index in [-0.39, 0.29) is 29.9 Å². The average Bonchev–Trinajstić information content (AvgIpc) is 3.63. The number of amides is 1. The second-order valence-corrected chi connectivity index (χ2v) is 10.5. The van der Waals surface area contributed by atoms with Gasteiger partial charge in [-0.05, 0) is 57.2 Å². The predicted molar refractivity (Wildman–Crippen MR) is 143 cm³/mol. The fourth-order valence-electron chi connectivity index (χ4n) is 5.76. The molecule has 1 atom stereocenters. The van der Waals surface area contributed by atoms with Crippen LogP contribution < -0.4 is 20.9 Å². The molecule has 2 saturated heterocycles. The Morgan fingerprint density at radius 2 is 1.74 bits per heavy atom. The Labute approximate surface area is 225 Å². The Kier molecular flexibility index (Phi) is 7.55. The number of rotatable bonds is 7. The van der Waals surface area contributed by atoms with E-state index in [0.29, 0.717) is 54.9 Å². The predicted octanol–water partition coefficient (Wildman–Crippen LogP) is 3.18. The number of hydrogen-bond donors (Lipinski definition) is 3. The fourth-order valence-corrected chi connectivity index (χ4v) is 5.76. The quantitative estimate of drug-likeness (QED) is 0.419. The maximum Gasteiger partial charge on any atom is 0.296 e. The second-order valence-electron chi connectivity index (χ2n) is 10.5. The highest BCUT2D eigenvalue weighted by atomic mass is 19.3. The minimum absolute atomic E-state index is 0.0759. The van der Waals surface area contributed by atoms with Crippen molar-refractivity contribution in [3.8, 4) is 5.82 Å². The third kappa shape index (κ3) is 5.67. The number of fused-ring (bicyclic) bond motifs is 1. The number of nitrogens with one attached hydrogen (secondary N) is 3. The van der Waals surface area contributed by atoms with Crippen molar-refractivity contribution >= 4 is 28.7 Å². The number of ether oxygens (including phenoxy) is 1. The molecule has 3 N–H and O–H groups in total. The number of nitrogens with zero attached hydrogens (tertiary/aromatic N) is 5. The molecule has 1 aliphatic carbocycles. The summed E-state index contributed by atoms with van der Waals surface area (Å²) < 4.78 is 35.1. The number of para-hydroxylation sites is 2. The normalized spacial score (nSPS) is 23.9. The lowest BCUT2D eigenvalue weighted by molar-refractivity contribution is -0.123. The van der Waals surface area contributed by atoms with Gasteiger partial charge in [0.05, 0.1) is 30.3 Å². The topological polar surface area (TPSA) is 109 Å². The number of hydrogen-bond acceptors (Lipinski definition) is 8. The molecule has 39 heavy (non-hydrogen) atoms. The minimum atomic E-state index is -2.76. The molecule has 208 valence electrons. The molecule has 0 spiro atoms. The number of carbonyl (C=O) groups is 1. The van der Waals surface area contributed by atoms with Crippen molar-refractivity contribution < 1.29 is 18.3 Å². The number of imidazole rings is 1. The summed E-state index contributed by atoms with van der Waals surface area (Å²) in [4.78, 5) is 28.3. The van der Waals surface area contributed by atoms with Gasteiger partial charge in [0.15, 0.2) is 5.82 Å². The average molecular weight is 541 g/mol. The molecule has 10 nitrogen and oxygen atoms in total. The summed E-state index contributed by atoms with van der Waals surface area (Å²) in [6.45, 7) is 3.36. The number of benzene rings is 1. The molecule has 2 aromatic heterocycles. The van der Waals surface area contributed by atoms with E-state index < -0.39 is 6.43 Å². The van der Waals surface area contributed by atoms with Crippen molar-refractivity contribution in [1.82, 2.24) is 30.2 Å². The van der Waals surface area contributed by atoms with Crippen LogP contribution in [0.4, 0.5) is 20.5 Å². The van der Waals surface area contributed by atoms with Crippen molar-refractivity contribution in [3.05, 3.63) is 36.2 Å². The van der Waals surface area contributed by atoms with Gasteiger partial charge in [0.2, 0.25) is 11.9 Å². The molecule has 6 rings (SSSR count). The molecule has 0 bridgehead atoms. The third-order valence-electron chi connectivity index (χ3n) is 7.83. The van der Waals surface area contributed by atoms with Crippen LogP contribution in [-0.4, -0.2) is 76.4 Å². The molecule has 3 fully saturated rings. The largest absolute Gasteiger partial charge is 0.378 e. The van der Waals surface area contributed by atoms with Crippen molar-refractivity contribution in [2.75, 3.05) is 43.1 Å². The van der Waals surface area contributed by atoms with Crippen molar-refractivity contribution in [2.45, 2.75) is 63.1 Å². The zero-order chi connectivity index (χ0) is 26.8. The monoisotopic (exact) mass is 540 g/mol. The van der Waals surface area contributed by atoms with E-state index >= 15 is 0 Å². The van der Waals surface area contributed by atoms with E-state index in [2.05, 4.69) is 25.8 Å². The van der Waals surface area contributed by atoms with Crippen LogP contribution in [-0.2, 0) is 9.53 Å². The van der Waals surface area contributed by atoms with Crippen molar-refractivity contribution in [3.63, 3.8) is 0 Å². The number of alkyl halides is 2. The smallest absolute Gasteiger partial charge is 0.296 e. The Hall–Kier alpha value is -3.38. The number of anilines is 2. The van der Waals surface area contributed by atoms with E-state index in [9.17, 15) is 13.6 Å². The van der Waals surface area contributed by atoms with Gasteiger partial charge in [-0.2, -0.15) is 9.97 Å². The maximum absolute atomic E-state index is 14.1. The molecule has 12 heteroatoms. The summed E-state index contributed by atoms with van der Waals surface area (Å²) in [5.74, 6) is 1.16. The van der Waals surface area contributed by atoms with E-state index in [1.165, 1.54) is 4.57 Å². The maximum atomic E-state index is 14.1. The summed E-state index contributed by atoms with van der Waals surface area (Å²) in [7, 11) is 0. The molecule has 4 heterocycles. The summed E-state index contributed by atoms with van der Waals surface area (Å²) in [5, 5.41) is 9.91. The molecule has 2 aliphatic heterocycles. The Bertz CT molecular complexity index is 1300. The van der Waals surface area contributed by atoms with Gasteiger partial charge in [-0.15, -0.1) is 0 Å². The van der Waals surface area contributed by atoms with E-state index in [4.69, 9.17) is 14.7 Å². The number of halogens is 2. The van der Waals surface area contributed by atoms with Crippen LogP contribution >= 0.6 is 0 Å². The van der Waals surface area contributed by atoms with Gasteiger partial charge in [0.25, 0.3) is 6.43 Å². The standard InChI is InChI=1S/C27H34F2N8O2/c28-24(29)25-33-19-4-1-2-6-21(19)37(25)23-16-22(36-12-14-39-15-13-36)34-27(35-23)32-18-9-7-17(8-10-18)31-26(38)20-5-3-11-30-20/h1-2,4,6,16-18,20,24,30H,3,5,7-15H2,(H,31,38)(H,32,34,35)/t17-,18-,20-/m0/s1. The zero-order valence-corrected chi connectivity index (χ0v) is 21.8. The third-order valence-corrected chi connectivity index (χ3v) is 7.83. The summed E-state index contributed by atoms with van der Waals surface area (Å²) in [6.07, 6.45) is 2.57. The van der Waals surface area contributed by atoms with Crippen molar-refractivity contribution in [2.24, 2.45) is 0 Å². The lowest BCUT2D eigenvalue weighted by atomic mass is 9.91. The van der Waals surface area contributed by atoms with Gasteiger partial charge in [0.1, 0.15) is 11.6 Å². The Morgan fingerprint density at radius 3 is 2.49 bits per heavy atom. The van der Waals surface area contributed by atoms with Crippen molar-refractivity contribution in [1.29, 1.82) is 0 Å². The first kappa shape index (κ1) is 25.9. The molecule has 0 unspecified atom stereocenters. The summed E-state index contributed by atoms with van der Waals surface area (Å²) in [5.41, 5.74) is 1.06. The highest BCUT2D eigenvalue weighted by molar-refractivity contribution is 5.82. The first-order chi connectivity index (χ1) is 19.0. The minimum Gasteiger partial charge on any atom is -0.378 e. The van der Waals surface area contributed by atoms with Crippen LogP contribution in [0.1, 0.15) is 50.8 Å². The van der Waals surface area contributed by atoms with Gasteiger partial charge >= 0.3 is 0 Å². The van der Waals surface area contributed by atoms with Gasteiger partial charge in [0, 0.05) is 31.2 Å². The van der Waals surface area contributed by atoms with Crippen LogP contribution in [0.25, 0.3) is 16.9 Å². The van der Waals surface area contributed by atoms with Crippen LogP contribution in [0.2, 0.25) is 0 Å². The van der Waals surface area contributed by atoms with Gasteiger partial charge in [-0.1, -0.05) is 12.1 Å². The van der Waals surface area contributed by atoms with E-state index in [1.807, 2.05) is 0 Å². The van der Waals surface area contributed by atoms with Gasteiger partial charge in [-0.25, -0.2) is 13.8 Å². The van der Waals surface area contributed by atoms with Crippen LogP contribution in [0.3, 0.4) is 0 Å². The van der Waals surface area contributed by atoms with Gasteiger partial charge < -0.3 is 25.6 Å². The Balaban J connectivity index is 1.24. The number of carbonyl (C=O) groups excluding carboxylic acids is 1. The molecule has 0 radical (unpaired) electrons. The summed E-state index contributed by atoms with van der Waals surface area (Å²) >= 11 is 0. The summed E-state index contributed by atoms with van der Waals surface area (Å²) in [6, 6.07) is 9.02. The lowest BCUT2D eigenvalue weighted by Gasteiger charge is -2.31. The highest BCUT2D eigenvalue weighted by Crippen LogP contribution is 2.30. The van der Waals surface area contributed by atoms with Crippen LogP contribution in [0.5, 0.6) is 0 Å². The first-order valence-electron chi connectivity index (χ1n) is 13.8. The molecule has 3 aliphatic rings. The highest BCUT2D eigenvalue weighted by Gasteiger charge is 2.28. The molecule has 1 amide bonds. The second kappa shape index (κ2) is 11.4. The van der Waals surface area contributed by atoms with Crippen LogP contribution in [0.15, 0.2) is 30.3 Å². The number of morpholine rings is 1. The zero-order valence-electron chi connectivity index (χ0n) is 21.8. The molecular formula is C27H34F2N8O2. The molecule has 1 aromatic carbocycles. The molecular weight excluding hydrogens is 506 g/mol. The van der Waals surface area contributed by atoms with E-state index in [0.717, 1.165) is 45.1 Å². The van der Waals surface area contributed by atoms with Crippen LogP contribution in [0, 0.1) is 0 Å². The Morgan fingerprint density at radius 1 is 1.00 bits per heavy atom. The molecule has 3 aromatic rings. The number of aromatic nitrogens is 4. The lowest BCUT2D eigenvalue weighted by Crippen LogP contribution is -2.47. The SMILES string of the molecule is O=C(N[C@H]1CC[C@H](Nc2nc(N3CCOCC3)cc(-n3c(C(F)F)nc4ccccc43)n2)CC1)[C@@H]1CCCN1. The first-order valence-corrected chi connectivity index (χ1v) is 13.8.